The fourth-order valence-corrected chi connectivity index (χ4v) is 0.703. The summed E-state index contributed by atoms with van der Waals surface area (Å²) >= 11 is 0. The molecule has 2 heteroatoms. The predicted octanol–water partition coefficient (Wildman–Crippen LogP) is 2.03. The number of carbonyl (C=O) groups is 1. The van der Waals surface area contributed by atoms with Crippen LogP contribution in [0.3, 0.4) is 0 Å². The van der Waals surface area contributed by atoms with Gasteiger partial charge in [0.25, 0.3) is 0 Å². The van der Waals surface area contributed by atoms with Crippen molar-refractivity contribution in [2.75, 3.05) is 13.2 Å². The fraction of sp³-hybridized carbons (Fsp3) is 0.889. The Morgan fingerprint density at radius 1 is 1.36 bits per heavy atom. The van der Waals surface area contributed by atoms with Gasteiger partial charge in [0, 0.05) is 19.6 Å². The van der Waals surface area contributed by atoms with Gasteiger partial charge in [-0.25, -0.2) is 0 Å². The highest BCUT2D eigenvalue weighted by Gasteiger charge is 1.94. The van der Waals surface area contributed by atoms with Crippen LogP contribution in [-0.4, -0.2) is 19.5 Å². The molecule has 1 rings (SSSR count). The molecule has 0 amide bonds. The number of hydrogen-bond donors (Lipinski definition) is 0. The second-order valence-corrected chi connectivity index (χ2v) is 3.12. The first-order chi connectivity index (χ1) is 5.27. The quantitative estimate of drug-likeness (QED) is 0.575. The molecule has 0 atom stereocenters. The molecule has 1 saturated heterocycles. The lowest BCUT2D eigenvalue weighted by Crippen LogP contribution is -1.84. The molecule has 66 valence electrons. The SMILES string of the molecule is C1CCOC1.CC(C)CC=O. The standard InChI is InChI=1S/C5H10O.C4H8O/c1-5(2)3-4-6;1-2-4-5-3-1/h4-5H,3H2,1-2H3;1-4H2. The summed E-state index contributed by atoms with van der Waals surface area (Å²) in [7, 11) is 0. The third kappa shape index (κ3) is 9.63. The van der Waals surface area contributed by atoms with Gasteiger partial charge in [-0.2, -0.15) is 0 Å². The van der Waals surface area contributed by atoms with Gasteiger partial charge in [-0.1, -0.05) is 13.8 Å². The van der Waals surface area contributed by atoms with Crippen LogP contribution in [0.15, 0.2) is 0 Å². The summed E-state index contributed by atoms with van der Waals surface area (Å²) in [5, 5.41) is 0. The maximum Gasteiger partial charge on any atom is 0.120 e. The van der Waals surface area contributed by atoms with Crippen LogP contribution in [0.25, 0.3) is 0 Å². The number of aldehydes is 1. The number of carbonyl (C=O) groups excluding carboxylic acids is 1. The first-order valence-corrected chi connectivity index (χ1v) is 4.28. The molecule has 0 N–H and O–H groups in total. The van der Waals surface area contributed by atoms with Gasteiger partial charge in [-0.05, 0) is 18.8 Å². The molecular weight excluding hydrogens is 140 g/mol. The first kappa shape index (κ1) is 10.6. The van der Waals surface area contributed by atoms with Gasteiger partial charge < -0.3 is 9.53 Å². The van der Waals surface area contributed by atoms with Crippen molar-refractivity contribution in [1.29, 1.82) is 0 Å². The van der Waals surface area contributed by atoms with Crippen LogP contribution < -0.4 is 0 Å². The van der Waals surface area contributed by atoms with Crippen molar-refractivity contribution in [2.45, 2.75) is 33.1 Å². The molecule has 11 heavy (non-hydrogen) atoms. The van der Waals surface area contributed by atoms with E-state index in [1.165, 1.54) is 12.8 Å². The molecule has 0 aliphatic carbocycles. The highest BCUT2D eigenvalue weighted by atomic mass is 16.5. The van der Waals surface area contributed by atoms with Crippen molar-refractivity contribution >= 4 is 6.29 Å². The van der Waals surface area contributed by atoms with Crippen molar-refractivity contribution in [3.8, 4) is 0 Å². The van der Waals surface area contributed by atoms with E-state index >= 15 is 0 Å². The number of ether oxygens (including phenoxy) is 1. The van der Waals surface area contributed by atoms with Crippen LogP contribution in [-0.2, 0) is 9.53 Å². The lowest BCUT2D eigenvalue weighted by molar-refractivity contribution is -0.108. The molecule has 1 fully saturated rings. The third-order valence-electron chi connectivity index (χ3n) is 1.39. The summed E-state index contributed by atoms with van der Waals surface area (Å²) in [6, 6.07) is 0. The fourth-order valence-electron chi connectivity index (χ4n) is 0.703. The van der Waals surface area contributed by atoms with E-state index in [0.717, 1.165) is 19.5 Å². The van der Waals surface area contributed by atoms with E-state index in [1.807, 2.05) is 13.8 Å². The zero-order chi connectivity index (χ0) is 8.53. The third-order valence-corrected chi connectivity index (χ3v) is 1.39. The van der Waals surface area contributed by atoms with Crippen LogP contribution in [0, 0.1) is 5.92 Å². The Labute approximate surface area is 68.9 Å². The minimum absolute atomic E-state index is 0.530. The van der Waals surface area contributed by atoms with Gasteiger partial charge in [0.05, 0.1) is 0 Å². The zero-order valence-corrected chi connectivity index (χ0v) is 7.51. The Kier molecular flexibility index (Phi) is 7.47. The van der Waals surface area contributed by atoms with Crippen molar-refractivity contribution in [3.63, 3.8) is 0 Å². The van der Waals surface area contributed by atoms with E-state index in [4.69, 9.17) is 4.74 Å². The first-order valence-electron chi connectivity index (χ1n) is 4.28. The van der Waals surface area contributed by atoms with Crippen LogP contribution >= 0.6 is 0 Å². The molecule has 2 nitrogen and oxygen atoms in total. The van der Waals surface area contributed by atoms with Crippen molar-refractivity contribution in [2.24, 2.45) is 5.92 Å². The van der Waals surface area contributed by atoms with E-state index in [2.05, 4.69) is 0 Å². The van der Waals surface area contributed by atoms with Crippen molar-refractivity contribution in [1.82, 2.24) is 0 Å². The van der Waals surface area contributed by atoms with Crippen LogP contribution in [0.5, 0.6) is 0 Å². The van der Waals surface area contributed by atoms with Gasteiger partial charge >= 0.3 is 0 Å². The summed E-state index contributed by atoms with van der Waals surface area (Å²) in [5.41, 5.74) is 0. The Morgan fingerprint density at radius 2 is 1.91 bits per heavy atom. The van der Waals surface area contributed by atoms with Gasteiger partial charge in [0.2, 0.25) is 0 Å². The Morgan fingerprint density at radius 3 is 2.00 bits per heavy atom. The monoisotopic (exact) mass is 158 g/mol. The average Bonchev–Trinajstić information content (AvgIpc) is 2.41. The summed E-state index contributed by atoms with van der Waals surface area (Å²) in [4.78, 5) is 9.62. The summed E-state index contributed by atoms with van der Waals surface area (Å²) in [6.07, 6.45) is 4.20. The van der Waals surface area contributed by atoms with E-state index < -0.39 is 0 Å². The molecule has 0 aromatic carbocycles. The molecular formula is C9H18O2. The lowest BCUT2D eigenvalue weighted by Gasteiger charge is -1.89. The average molecular weight is 158 g/mol. The van der Waals surface area contributed by atoms with E-state index in [-0.39, 0.29) is 0 Å². The van der Waals surface area contributed by atoms with Crippen molar-refractivity contribution in [3.05, 3.63) is 0 Å². The maximum absolute atomic E-state index is 9.62. The second-order valence-electron chi connectivity index (χ2n) is 3.12. The van der Waals surface area contributed by atoms with E-state index in [0.29, 0.717) is 12.3 Å². The second kappa shape index (κ2) is 7.73. The molecule has 0 spiro atoms. The molecule has 0 aromatic rings. The highest BCUT2D eigenvalue weighted by molar-refractivity contribution is 5.49. The summed E-state index contributed by atoms with van der Waals surface area (Å²) < 4.78 is 4.94. The molecule has 0 aromatic heterocycles. The smallest absolute Gasteiger partial charge is 0.120 e. The number of hydrogen-bond acceptors (Lipinski definition) is 2. The number of rotatable bonds is 2. The molecule has 1 heterocycles. The molecule has 1 aliphatic heterocycles. The minimum Gasteiger partial charge on any atom is -0.381 e. The van der Waals surface area contributed by atoms with E-state index in [1.54, 1.807) is 0 Å². The lowest BCUT2D eigenvalue weighted by atomic mass is 10.2. The molecule has 0 bridgehead atoms. The molecule has 0 radical (unpaired) electrons. The van der Waals surface area contributed by atoms with Crippen LogP contribution in [0.4, 0.5) is 0 Å². The minimum atomic E-state index is 0.530. The van der Waals surface area contributed by atoms with Gasteiger partial charge in [0.15, 0.2) is 0 Å². The van der Waals surface area contributed by atoms with Gasteiger partial charge in [-0.3, -0.25) is 0 Å². The predicted molar refractivity (Wildman–Crippen MR) is 45.6 cm³/mol. The van der Waals surface area contributed by atoms with Gasteiger partial charge in [0.1, 0.15) is 6.29 Å². The normalized spacial score (nSPS) is 15.9. The molecule has 0 unspecified atom stereocenters. The molecule has 0 saturated carbocycles. The topological polar surface area (TPSA) is 26.3 Å². The van der Waals surface area contributed by atoms with Crippen LogP contribution in [0.1, 0.15) is 33.1 Å². The largest absolute Gasteiger partial charge is 0.381 e. The van der Waals surface area contributed by atoms with Gasteiger partial charge in [-0.15, -0.1) is 0 Å². The Bertz CT molecular complexity index is 78.0. The van der Waals surface area contributed by atoms with Crippen molar-refractivity contribution < 1.29 is 9.53 Å². The molecule has 1 aliphatic rings. The zero-order valence-electron chi connectivity index (χ0n) is 7.51. The van der Waals surface area contributed by atoms with E-state index in [9.17, 15) is 4.79 Å². The Balaban J connectivity index is 0.000000183. The van der Waals surface area contributed by atoms with Crippen LogP contribution in [0.2, 0.25) is 0 Å². The highest BCUT2D eigenvalue weighted by Crippen LogP contribution is 1.98. The summed E-state index contributed by atoms with van der Waals surface area (Å²) in [5.74, 6) is 0.530. The Hall–Kier alpha value is -0.370. The summed E-state index contributed by atoms with van der Waals surface area (Å²) in [6.45, 7) is 6.04. The maximum atomic E-state index is 9.62.